The van der Waals surface area contributed by atoms with Gasteiger partial charge < -0.3 is 4.57 Å². The number of nitrogens with one attached hydrogen (secondary N) is 1. The van der Waals surface area contributed by atoms with Crippen molar-refractivity contribution in [1.82, 2.24) is 19.3 Å². The maximum atomic E-state index is 12.9. The Labute approximate surface area is 226 Å². The van der Waals surface area contributed by atoms with Gasteiger partial charge in [-0.05, 0) is 62.9 Å². The Bertz CT molecular complexity index is 1470. The summed E-state index contributed by atoms with van der Waals surface area (Å²) in [7, 11) is -3.44. The highest BCUT2D eigenvalue weighted by Gasteiger charge is 2.28. The van der Waals surface area contributed by atoms with E-state index in [-0.39, 0.29) is 13.2 Å². The van der Waals surface area contributed by atoms with Crippen molar-refractivity contribution in [1.29, 1.82) is 5.26 Å². The van der Waals surface area contributed by atoms with Gasteiger partial charge in [-0.1, -0.05) is 18.2 Å². The van der Waals surface area contributed by atoms with Gasteiger partial charge in [-0.15, -0.1) is 11.8 Å². The number of hydrogen-bond donors (Lipinski definition) is 1. The van der Waals surface area contributed by atoms with E-state index in [1.165, 1.54) is 6.42 Å². The van der Waals surface area contributed by atoms with Crippen molar-refractivity contribution in [2.75, 3.05) is 24.1 Å². The number of benzene rings is 2. The molecule has 1 fully saturated rings. The number of rotatable bonds is 12. The third-order valence-corrected chi connectivity index (χ3v) is 9.31. The molecule has 0 radical (unpaired) electrons. The minimum absolute atomic E-state index is 0.274. The lowest BCUT2D eigenvalue weighted by Crippen LogP contribution is -2.17. The smallest absolute Gasteiger partial charge is 0.336 e. The molecular formula is C27H31N6O3PS. The van der Waals surface area contributed by atoms with Crippen molar-refractivity contribution in [3.63, 3.8) is 0 Å². The van der Waals surface area contributed by atoms with Gasteiger partial charge in [0.25, 0.3) is 0 Å². The Morgan fingerprint density at radius 1 is 1.16 bits per heavy atom. The summed E-state index contributed by atoms with van der Waals surface area (Å²) in [6.07, 6.45) is 6.65. The Morgan fingerprint density at radius 2 is 1.92 bits per heavy atom. The maximum Gasteiger partial charge on any atom is 0.432 e. The van der Waals surface area contributed by atoms with Crippen LogP contribution in [0, 0.1) is 11.3 Å². The standard InChI is InChI=1S/C27H31N6O3PS/c1-3-35-37(34,36-4-2)31-21-10-8-20(9-11-21)27-25(17-28)24-13-12-23(38-15-14-32-19-29-18-30-32)16-26(24)33(27)22-6-5-7-22/h8-13,16,18-19,22H,3-7,14-15H2,1-2H3,(H,31,34). The van der Waals surface area contributed by atoms with E-state index < -0.39 is 7.75 Å². The second kappa shape index (κ2) is 11.7. The van der Waals surface area contributed by atoms with Gasteiger partial charge in [-0.25, -0.2) is 9.55 Å². The van der Waals surface area contributed by atoms with Crippen LogP contribution in [0.4, 0.5) is 5.69 Å². The van der Waals surface area contributed by atoms with Crippen LogP contribution < -0.4 is 5.09 Å². The van der Waals surface area contributed by atoms with Gasteiger partial charge in [0.15, 0.2) is 0 Å². The summed E-state index contributed by atoms with van der Waals surface area (Å²) < 4.78 is 27.8. The fourth-order valence-electron chi connectivity index (χ4n) is 4.71. The zero-order valence-electron chi connectivity index (χ0n) is 21.5. The SMILES string of the molecule is CCOP(=O)(Nc1ccc(-c2c(C#N)c3ccc(SCCn4cncn4)cc3n2C2CCC2)cc1)OCC. The number of hydrogen-bond acceptors (Lipinski definition) is 7. The first kappa shape index (κ1) is 26.5. The Kier molecular flexibility index (Phi) is 8.20. The van der Waals surface area contributed by atoms with Gasteiger partial charge in [-0.2, -0.15) is 10.4 Å². The van der Waals surface area contributed by atoms with E-state index in [0.717, 1.165) is 52.2 Å². The number of anilines is 1. The molecule has 2 aromatic heterocycles. The molecule has 9 nitrogen and oxygen atoms in total. The van der Waals surface area contributed by atoms with Crippen molar-refractivity contribution in [3.8, 4) is 17.3 Å². The lowest BCUT2D eigenvalue weighted by Gasteiger charge is -2.30. The van der Waals surface area contributed by atoms with Crippen molar-refractivity contribution in [2.45, 2.75) is 50.6 Å². The molecule has 2 aromatic carbocycles. The quantitative estimate of drug-likeness (QED) is 0.150. The fourth-order valence-corrected chi connectivity index (χ4v) is 6.93. The van der Waals surface area contributed by atoms with Crippen LogP contribution >= 0.6 is 19.5 Å². The molecule has 198 valence electrons. The van der Waals surface area contributed by atoms with Gasteiger partial charge >= 0.3 is 7.75 Å². The molecule has 4 aromatic rings. The molecule has 0 unspecified atom stereocenters. The first-order valence-electron chi connectivity index (χ1n) is 12.9. The van der Waals surface area contributed by atoms with E-state index in [1.807, 2.05) is 28.9 Å². The van der Waals surface area contributed by atoms with Crippen LogP contribution in [0.1, 0.15) is 44.7 Å². The molecule has 5 rings (SSSR count). The van der Waals surface area contributed by atoms with E-state index in [0.29, 0.717) is 17.3 Å². The largest absolute Gasteiger partial charge is 0.432 e. The minimum Gasteiger partial charge on any atom is -0.336 e. The van der Waals surface area contributed by atoms with Crippen LogP contribution in [0.3, 0.4) is 0 Å². The summed E-state index contributed by atoms with van der Waals surface area (Å²) in [6, 6.07) is 16.8. The van der Waals surface area contributed by atoms with Crippen molar-refractivity contribution in [3.05, 3.63) is 60.7 Å². The van der Waals surface area contributed by atoms with Crippen molar-refractivity contribution >= 4 is 36.1 Å². The number of aromatic nitrogens is 4. The summed E-state index contributed by atoms with van der Waals surface area (Å²) in [5, 5.41) is 18.3. The van der Waals surface area contributed by atoms with Gasteiger partial charge in [0, 0.05) is 27.8 Å². The van der Waals surface area contributed by atoms with Gasteiger partial charge in [0.2, 0.25) is 0 Å². The summed E-state index contributed by atoms with van der Waals surface area (Å²) in [6.45, 7) is 4.88. The van der Waals surface area contributed by atoms with Crippen molar-refractivity contribution < 1.29 is 13.6 Å². The van der Waals surface area contributed by atoms with Crippen LogP contribution in [0.5, 0.6) is 0 Å². The van der Waals surface area contributed by atoms with E-state index in [1.54, 1.807) is 38.3 Å². The normalized spacial score (nSPS) is 13.9. The summed E-state index contributed by atoms with van der Waals surface area (Å²) >= 11 is 1.77. The molecule has 1 N–H and O–H groups in total. The number of aryl methyl sites for hydroxylation is 1. The Morgan fingerprint density at radius 3 is 2.53 bits per heavy atom. The summed E-state index contributed by atoms with van der Waals surface area (Å²) in [5.41, 5.74) is 4.28. The first-order valence-corrected chi connectivity index (χ1v) is 15.4. The van der Waals surface area contributed by atoms with Crippen molar-refractivity contribution in [2.24, 2.45) is 0 Å². The molecule has 1 saturated carbocycles. The predicted octanol–water partition coefficient (Wildman–Crippen LogP) is 6.88. The highest BCUT2D eigenvalue weighted by Crippen LogP contribution is 2.48. The van der Waals surface area contributed by atoms with Crippen LogP contribution in [-0.2, 0) is 20.2 Å². The molecule has 38 heavy (non-hydrogen) atoms. The van der Waals surface area contributed by atoms with Crippen LogP contribution in [0.2, 0.25) is 0 Å². The molecule has 2 heterocycles. The van der Waals surface area contributed by atoms with Crippen LogP contribution in [0.15, 0.2) is 60.0 Å². The number of thioether (sulfide) groups is 1. The molecule has 0 amide bonds. The first-order chi connectivity index (χ1) is 18.5. The Hall–Kier alpha value is -3.09. The lowest BCUT2D eigenvalue weighted by molar-refractivity contribution is 0.225. The van der Waals surface area contributed by atoms with E-state index in [9.17, 15) is 9.83 Å². The zero-order valence-corrected chi connectivity index (χ0v) is 23.3. The Balaban J connectivity index is 1.48. The highest BCUT2D eigenvalue weighted by molar-refractivity contribution is 7.99. The minimum atomic E-state index is -3.44. The molecule has 11 heteroatoms. The number of nitrogens with zero attached hydrogens (tertiary/aromatic N) is 5. The summed E-state index contributed by atoms with van der Waals surface area (Å²) in [4.78, 5) is 5.16. The van der Waals surface area contributed by atoms with Crippen LogP contribution in [-0.4, -0.2) is 38.3 Å². The molecule has 1 aliphatic carbocycles. The average Bonchev–Trinajstić information content (AvgIpc) is 3.50. The number of fused-ring (bicyclic) bond motifs is 1. The fraction of sp³-hybridized carbons (Fsp3) is 0.370. The van der Waals surface area contributed by atoms with Gasteiger partial charge in [0.1, 0.15) is 18.7 Å². The third kappa shape index (κ3) is 5.52. The van der Waals surface area contributed by atoms with E-state index in [4.69, 9.17) is 9.05 Å². The second-order valence-electron chi connectivity index (χ2n) is 9.00. The summed E-state index contributed by atoms with van der Waals surface area (Å²) in [5.74, 6) is 0.874. The molecular weight excluding hydrogens is 519 g/mol. The van der Waals surface area contributed by atoms with Crippen LogP contribution in [0.25, 0.3) is 22.2 Å². The van der Waals surface area contributed by atoms with Gasteiger partial charge in [-0.3, -0.25) is 18.8 Å². The lowest BCUT2D eigenvalue weighted by atomic mass is 9.92. The molecule has 1 aliphatic rings. The molecule has 0 bridgehead atoms. The van der Waals surface area contributed by atoms with E-state index >= 15 is 0 Å². The maximum absolute atomic E-state index is 12.9. The molecule has 0 spiro atoms. The average molecular weight is 551 g/mol. The molecule has 0 saturated heterocycles. The molecule has 0 aliphatic heterocycles. The van der Waals surface area contributed by atoms with E-state index in [2.05, 4.69) is 44.0 Å². The highest BCUT2D eigenvalue weighted by atomic mass is 32.2. The topological polar surface area (TPSA) is 107 Å². The predicted molar refractivity (Wildman–Crippen MR) is 150 cm³/mol. The van der Waals surface area contributed by atoms with Gasteiger partial charge in [0.05, 0.1) is 36.5 Å². The zero-order chi connectivity index (χ0) is 26.5. The second-order valence-corrected chi connectivity index (χ2v) is 11.9. The monoisotopic (exact) mass is 550 g/mol. The molecule has 0 atom stereocenters. The number of nitriles is 1. The third-order valence-electron chi connectivity index (χ3n) is 6.61.